The van der Waals surface area contributed by atoms with Gasteiger partial charge in [0.1, 0.15) is 12.1 Å². The molecule has 3 aromatic carbocycles. The van der Waals surface area contributed by atoms with Crippen LogP contribution in [0.4, 0.5) is 10.5 Å². The fourth-order valence-corrected chi connectivity index (χ4v) is 5.34. The number of hydrogen-bond donors (Lipinski definition) is 1. The summed E-state index contributed by atoms with van der Waals surface area (Å²) in [5.41, 5.74) is 5.36. The van der Waals surface area contributed by atoms with Gasteiger partial charge in [-0.05, 0) is 36.2 Å². The molecule has 2 atom stereocenters. The van der Waals surface area contributed by atoms with Gasteiger partial charge in [0, 0.05) is 23.0 Å². The first-order valence-electron chi connectivity index (χ1n) is 11.5. The number of urea groups is 1. The van der Waals surface area contributed by atoms with E-state index in [0.29, 0.717) is 6.42 Å². The Balaban J connectivity index is 1.54. The van der Waals surface area contributed by atoms with Crippen molar-refractivity contribution in [2.45, 2.75) is 25.4 Å². The molecular formula is C28H23N3O4. The third-order valence-electron chi connectivity index (χ3n) is 6.99. The molecule has 2 aliphatic heterocycles. The van der Waals surface area contributed by atoms with E-state index in [0.717, 1.165) is 38.2 Å². The number of nitrogens with one attached hydrogen (secondary N) is 1. The van der Waals surface area contributed by atoms with Crippen molar-refractivity contribution in [3.63, 3.8) is 0 Å². The van der Waals surface area contributed by atoms with E-state index in [9.17, 15) is 14.4 Å². The smallest absolute Gasteiger partial charge is 0.339 e. The highest BCUT2D eigenvalue weighted by Crippen LogP contribution is 2.45. The predicted molar refractivity (Wildman–Crippen MR) is 131 cm³/mol. The van der Waals surface area contributed by atoms with Gasteiger partial charge in [-0.3, -0.25) is 9.69 Å². The number of methoxy groups -OCH3 is 1. The van der Waals surface area contributed by atoms with Crippen LogP contribution in [0.5, 0.6) is 0 Å². The molecule has 0 bridgehead atoms. The quantitative estimate of drug-likeness (QED) is 0.350. The zero-order chi connectivity index (χ0) is 24.3. The van der Waals surface area contributed by atoms with Gasteiger partial charge in [-0.15, -0.1) is 0 Å². The van der Waals surface area contributed by atoms with Gasteiger partial charge in [0.15, 0.2) is 0 Å². The van der Waals surface area contributed by atoms with Crippen molar-refractivity contribution in [1.82, 2.24) is 9.88 Å². The first-order chi connectivity index (χ1) is 17.0. The lowest BCUT2D eigenvalue weighted by Crippen LogP contribution is -2.44. The van der Waals surface area contributed by atoms with Crippen LogP contribution in [0.15, 0.2) is 72.8 Å². The predicted octanol–water partition coefficient (Wildman–Crippen LogP) is 4.75. The number of carbonyl (C=O) groups excluding carboxylic acids is 3. The zero-order valence-electron chi connectivity index (χ0n) is 19.3. The van der Waals surface area contributed by atoms with Crippen molar-refractivity contribution in [1.29, 1.82) is 0 Å². The van der Waals surface area contributed by atoms with Crippen LogP contribution in [0.3, 0.4) is 0 Å². The van der Waals surface area contributed by atoms with Crippen molar-refractivity contribution in [2.24, 2.45) is 0 Å². The molecule has 3 amide bonds. The van der Waals surface area contributed by atoms with Gasteiger partial charge in [-0.2, -0.15) is 0 Å². The number of aromatic amines is 1. The van der Waals surface area contributed by atoms with Crippen LogP contribution in [0, 0.1) is 6.92 Å². The Hall–Kier alpha value is -4.39. The maximum Gasteiger partial charge on any atom is 0.339 e. The number of para-hydroxylation sites is 2. The van der Waals surface area contributed by atoms with Crippen molar-refractivity contribution >= 4 is 34.5 Å². The minimum atomic E-state index is -0.689. The third kappa shape index (κ3) is 3.08. The lowest BCUT2D eigenvalue weighted by atomic mass is 9.88. The summed E-state index contributed by atoms with van der Waals surface area (Å²) in [5.74, 6) is -0.947. The highest BCUT2D eigenvalue weighted by atomic mass is 16.5. The highest BCUT2D eigenvalue weighted by molar-refractivity contribution is 6.23. The Labute approximate surface area is 201 Å². The molecule has 1 aromatic heterocycles. The number of fused-ring (bicyclic) bond motifs is 4. The Morgan fingerprint density at radius 3 is 2.46 bits per heavy atom. The Morgan fingerprint density at radius 2 is 1.69 bits per heavy atom. The molecule has 6 rings (SSSR count). The molecule has 0 saturated carbocycles. The molecule has 7 nitrogen and oxygen atoms in total. The number of imide groups is 1. The second-order valence-electron chi connectivity index (χ2n) is 8.97. The molecule has 1 N–H and O–H groups in total. The maximum absolute atomic E-state index is 14.0. The average Bonchev–Trinajstić information content (AvgIpc) is 3.37. The van der Waals surface area contributed by atoms with Gasteiger partial charge < -0.3 is 9.72 Å². The minimum Gasteiger partial charge on any atom is -0.465 e. The Kier molecular flexibility index (Phi) is 4.74. The largest absolute Gasteiger partial charge is 0.465 e. The van der Waals surface area contributed by atoms with Crippen LogP contribution in [-0.2, 0) is 16.0 Å². The summed E-state index contributed by atoms with van der Waals surface area (Å²) < 4.78 is 4.91. The fourth-order valence-electron chi connectivity index (χ4n) is 5.34. The second-order valence-corrected chi connectivity index (χ2v) is 8.97. The topological polar surface area (TPSA) is 82.7 Å². The van der Waals surface area contributed by atoms with Crippen LogP contribution < -0.4 is 4.90 Å². The van der Waals surface area contributed by atoms with Crippen molar-refractivity contribution in [2.75, 3.05) is 12.0 Å². The molecule has 35 heavy (non-hydrogen) atoms. The third-order valence-corrected chi connectivity index (χ3v) is 6.99. The van der Waals surface area contributed by atoms with Crippen LogP contribution in [0.25, 0.3) is 10.9 Å². The van der Waals surface area contributed by atoms with E-state index >= 15 is 0 Å². The molecular weight excluding hydrogens is 442 g/mol. The van der Waals surface area contributed by atoms with Crippen molar-refractivity contribution in [3.05, 3.63) is 101 Å². The monoisotopic (exact) mass is 465 g/mol. The summed E-state index contributed by atoms with van der Waals surface area (Å²) in [5, 5.41) is 1.05. The van der Waals surface area contributed by atoms with Crippen molar-refractivity contribution < 1.29 is 19.1 Å². The number of H-pyrrole nitrogens is 1. The lowest BCUT2D eigenvalue weighted by molar-refractivity contribution is -0.120. The molecule has 0 radical (unpaired) electrons. The van der Waals surface area contributed by atoms with E-state index in [1.54, 1.807) is 29.2 Å². The van der Waals surface area contributed by atoms with Crippen LogP contribution in [-0.4, -0.2) is 40.9 Å². The van der Waals surface area contributed by atoms with Gasteiger partial charge in [-0.1, -0.05) is 60.2 Å². The molecule has 174 valence electrons. The van der Waals surface area contributed by atoms with E-state index in [4.69, 9.17) is 4.74 Å². The van der Waals surface area contributed by atoms with Crippen LogP contribution in [0.1, 0.15) is 38.8 Å². The SMILES string of the molecule is COC(=O)c1ccccc1N1C(=O)[C@H]2Cc3c([nH]c4ccccc34)C(c3ccc(C)cc3)N2C1=O. The molecule has 1 fully saturated rings. The maximum atomic E-state index is 14.0. The number of esters is 1. The zero-order valence-corrected chi connectivity index (χ0v) is 19.3. The molecule has 0 aliphatic carbocycles. The van der Waals surface area contributed by atoms with Gasteiger partial charge in [-0.25, -0.2) is 14.5 Å². The number of hydrogen-bond acceptors (Lipinski definition) is 4. The summed E-state index contributed by atoms with van der Waals surface area (Å²) in [7, 11) is 1.28. The fraction of sp³-hybridized carbons (Fsp3) is 0.179. The number of aryl methyl sites for hydroxylation is 1. The minimum absolute atomic E-state index is 0.174. The molecule has 0 spiro atoms. The first kappa shape index (κ1) is 21.2. The Bertz CT molecular complexity index is 1500. The number of rotatable bonds is 3. The molecule has 1 saturated heterocycles. The van der Waals surface area contributed by atoms with Gasteiger partial charge in [0.05, 0.1) is 18.4 Å². The summed E-state index contributed by atoms with van der Waals surface area (Å²) in [6, 6.07) is 20.9. The molecule has 4 aromatic rings. The normalized spacial score (nSPS) is 19.1. The van der Waals surface area contributed by atoms with E-state index in [-0.39, 0.29) is 17.2 Å². The standard InChI is InChI=1S/C28H23N3O4/c1-16-11-13-17(14-12-16)25-24-20(18-7-3-5-9-21(18)29-24)15-23-26(32)31(28(34)30(23)25)22-10-6-4-8-19(22)27(33)35-2/h3-14,23,25,29H,15H2,1-2H3/t23-,25?/m1/s1. The second kappa shape index (κ2) is 7.84. The summed E-state index contributed by atoms with van der Waals surface area (Å²) in [6.45, 7) is 2.01. The lowest BCUT2D eigenvalue weighted by Gasteiger charge is -2.36. The first-order valence-corrected chi connectivity index (χ1v) is 11.5. The number of carbonyl (C=O) groups is 3. The molecule has 7 heteroatoms. The summed E-state index contributed by atoms with van der Waals surface area (Å²) >= 11 is 0. The van der Waals surface area contributed by atoms with Gasteiger partial charge in [0.2, 0.25) is 0 Å². The number of amides is 3. The van der Waals surface area contributed by atoms with E-state index < -0.39 is 24.1 Å². The van der Waals surface area contributed by atoms with Crippen LogP contribution >= 0.6 is 0 Å². The summed E-state index contributed by atoms with van der Waals surface area (Å²) in [6.07, 6.45) is 0.392. The number of aromatic nitrogens is 1. The molecule has 2 aliphatic rings. The van der Waals surface area contributed by atoms with E-state index in [1.807, 2.05) is 55.5 Å². The van der Waals surface area contributed by atoms with Crippen molar-refractivity contribution in [3.8, 4) is 0 Å². The van der Waals surface area contributed by atoms with Gasteiger partial charge >= 0.3 is 12.0 Å². The summed E-state index contributed by atoms with van der Waals surface area (Å²) in [4.78, 5) is 46.5. The number of benzene rings is 3. The molecule has 1 unspecified atom stereocenters. The van der Waals surface area contributed by atoms with E-state index in [2.05, 4.69) is 4.98 Å². The number of nitrogens with zero attached hydrogens (tertiary/aromatic N) is 2. The number of ether oxygens (including phenoxy) is 1. The van der Waals surface area contributed by atoms with E-state index in [1.165, 1.54) is 7.11 Å². The molecule has 3 heterocycles. The average molecular weight is 466 g/mol. The highest BCUT2D eigenvalue weighted by Gasteiger charge is 2.53. The van der Waals surface area contributed by atoms with Crippen LogP contribution in [0.2, 0.25) is 0 Å². The van der Waals surface area contributed by atoms with Gasteiger partial charge in [0.25, 0.3) is 5.91 Å². The number of anilines is 1. The Morgan fingerprint density at radius 1 is 0.971 bits per heavy atom.